The van der Waals surface area contributed by atoms with Gasteiger partial charge in [0.15, 0.2) is 0 Å². The molecule has 1 saturated heterocycles. The molecule has 2 aromatic carbocycles. The van der Waals surface area contributed by atoms with Gasteiger partial charge in [-0.1, -0.05) is 18.5 Å². The van der Waals surface area contributed by atoms with Crippen molar-refractivity contribution in [2.75, 3.05) is 37.7 Å². The second-order valence-electron chi connectivity index (χ2n) is 8.24. The molecule has 0 spiro atoms. The Labute approximate surface area is 211 Å². The molecule has 3 heterocycles. The van der Waals surface area contributed by atoms with Gasteiger partial charge in [-0.05, 0) is 36.9 Å². The second-order valence-corrected chi connectivity index (χ2v) is 9.53. The van der Waals surface area contributed by atoms with Crippen molar-refractivity contribution in [3.8, 4) is 11.3 Å². The smallest absolute Gasteiger partial charge is 0.134 e. The van der Waals surface area contributed by atoms with Gasteiger partial charge in [-0.25, -0.2) is 19.3 Å². The molecule has 0 saturated carbocycles. The highest BCUT2D eigenvalue weighted by atomic mass is 35.5. The highest BCUT2D eigenvalue weighted by Gasteiger charge is 2.22. The maximum absolute atomic E-state index is 15.2. The van der Waals surface area contributed by atoms with Crippen molar-refractivity contribution >= 4 is 39.5 Å². The number of anilines is 1. The van der Waals surface area contributed by atoms with Gasteiger partial charge in [0.1, 0.15) is 23.3 Å². The van der Waals surface area contributed by atoms with E-state index in [1.807, 2.05) is 30.5 Å². The van der Waals surface area contributed by atoms with Crippen LogP contribution in [0.3, 0.4) is 0 Å². The van der Waals surface area contributed by atoms with Crippen molar-refractivity contribution < 1.29 is 14.2 Å². The maximum Gasteiger partial charge on any atom is 0.134 e. The first-order valence-electron chi connectivity index (χ1n) is 11.4. The number of nitrogens with one attached hydrogen (secondary N) is 1. The molecule has 0 radical (unpaired) electrons. The Hall–Kier alpha value is -2.69. The Morgan fingerprint density at radius 2 is 2.06 bits per heavy atom. The molecule has 1 unspecified atom stereocenters. The van der Waals surface area contributed by atoms with Crippen molar-refractivity contribution in [3.63, 3.8) is 0 Å². The number of benzene rings is 2. The minimum atomic E-state index is -1.08. The molecule has 0 aliphatic carbocycles. The minimum Gasteiger partial charge on any atom is -0.381 e. The minimum absolute atomic E-state index is 0.134. The van der Waals surface area contributed by atoms with Gasteiger partial charge in [-0.2, -0.15) is 0 Å². The van der Waals surface area contributed by atoms with Crippen molar-refractivity contribution in [3.05, 3.63) is 69.1 Å². The molecule has 182 valence electrons. The molecule has 1 aliphatic heterocycles. The van der Waals surface area contributed by atoms with E-state index in [0.717, 1.165) is 31.0 Å². The number of ether oxygens (including phenoxy) is 1. The summed E-state index contributed by atoms with van der Waals surface area (Å²) in [7, 11) is 0. The molecule has 10 heteroatoms. The molecule has 2 N–H and O–H groups in total. The zero-order valence-corrected chi connectivity index (χ0v) is 20.7. The Morgan fingerprint density at radius 1 is 1.23 bits per heavy atom. The zero-order valence-electron chi connectivity index (χ0n) is 19.2. The fourth-order valence-corrected chi connectivity index (χ4v) is 5.22. The Balaban J connectivity index is 1.51. The molecule has 1 atom stereocenters. The van der Waals surface area contributed by atoms with E-state index in [9.17, 15) is 5.11 Å². The summed E-state index contributed by atoms with van der Waals surface area (Å²) in [5, 5.41) is 17.5. The van der Waals surface area contributed by atoms with Gasteiger partial charge in [-0.3, -0.25) is 0 Å². The molecule has 0 amide bonds. The summed E-state index contributed by atoms with van der Waals surface area (Å²) in [4.78, 5) is 15.6. The van der Waals surface area contributed by atoms with Crippen molar-refractivity contribution in [1.82, 2.24) is 20.3 Å². The van der Waals surface area contributed by atoms with Gasteiger partial charge in [-0.15, -0.1) is 11.3 Å². The molecule has 4 aromatic rings. The van der Waals surface area contributed by atoms with Crippen LogP contribution in [0.25, 0.3) is 22.2 Å². The van der Waals surface area contributed by atoms with Crippen LogP contribution in [0, 0.1) is 5.82 Å². The van der Waals surface area contributed by atoms with Crippen LogP contribution >= 0.6 is 22.9 Å². The van der Waals surface area contributed by atoms with Gasteiger partial charge in [0.2, 0.25) is 0 Å². The molecule has 2 aromatic heterocycles. The summed E-state index contributed by atoms with van der Waals surface area (Å²) in [6.07, 6.45) is 0.349. The van der Waals surface area contributed by atoms with Gasteiger partial charge < -0.3 is 20.1 Å². The lowest BCUT2D eigenvalue weighted by molar-refractivity contribution is 0.122. The van der Waals surface area contributed by atoms with E-state index in [2.05, 4.69) is 25.2 Å². The molecule has 5 rings (SSSR count). The average Bonchev–Trinajstić information content (AvgIpc) is 3.36. The van der Waals surface area contributed by atoms with Crippen LogP contribution in [0.4, 0.5) is 10.1 Å². The lowest BCUT2D eigenvalue weighted by atomic mass is 10.0. The largest absolute Gasteiger partial charge is 0.381 e. The first kappa shape index (κ1) is 24.0. The molecule has 35 heavy (non-hydrogen) atoms. The number of aromatic nitrogens is 3. The summed E-state index contributed by atoms with van der Waals surface area (Å²) in [5.41, 5.74) is 3.66. The number of rotatable bonds is 7. The lowest BCUT2D eigenvalue weighted by Crippen LogP contribution is -2.36. The second kappa shape index (κ2) is 10.5. The van der Waals surface area contributed by atoms with E-state index >= 15 is 4.39 Å². The molecule has 1 aliphatic rings. The number of hydrogen-bond donors (Lipinski definition) is 2. The summed E-state index contributed by atoms with van der Waals surface area (Å²) in [6.45, 7) is 6.44. The van der Waals surface area contributed by atoms with E-state index < -0.39 is 11.9 Å². The predicted octanol–water partition coefficient (Wildman–Crippen LogP) is 4.57. The number of thiazole rings is 1. The number of aliphatic hydroxyl groups is 1. The van der Waals surface area contributed by atoms with Crippen molar-refractivity contribution in [1.29, 1.82) is 0 Å². The van der Waals surface area contributed by atoms with Crippen LogP contribution in [-0.2, 0) is 11.3 Å². The number of hydrogen-bond acceptors (Lipinski definition) is 8. The number of halogens is 2. The SMILES string of the molecule is CCNCc1csc(C(O)c2cc(-c3ncnc4cc(N5CCOCC5)ccc34)c(F)cc2Cl)n1. The number of aliphatic hydroxyl groups excluding tert-OH is 1. The molecule has 7 nitrogen and oxygen atoms in total. The Kier molecular flexibility index (Phi) is 7.22. The maximum atomic E-state index is 15.2. The van der Waals surface area contributed by atoms with Crippen LogP contribution in [0.15, 0.2) is 42.0 Å². The quantitative estimate of drug-likeness (QED) is 0.374. The average molecular weight is 514 g/mol. The van der Waals surface area contributed by atoms with E-state index in [0.29, 0.717) is 46.9 Å². The van der Waals surface area contributed by atoms with Gasteiger partial charge in [0.25, 0.3) is 0 Å². The third-order valence-electron chi connectivity index (χ3n) is 5.99. The van der Waals surface area contributed by atoms with E-state index in [1.54, 1.807) is 6.07 Å². The van der Waals surface area contributed by atoms with E-state index in [4.69, 9.17) is 16.3 Å². The van der Waals surface area contributed by atoms with Crippen LogP contribution in [0.2, 0.25) is 5.02 Å². The van der Waals surface area contributed by atoms with Crippen LogP contribution in [0.1, 0.15) is 29.3 Å². The van der Waals surface area contributed by atoms with Crippen molar-refractivity contribution in [2.45, 2.75) is 19.6 Å². The van der Waals surface area contributed by atoms with Crippen LogP contribution in [0.5, 0.6) is 0 Å². The van der Waals surface area contributed by atoms with E-state index in [1.165, 1.54) is 23.7 Å². The molecular weight excluding hydrogens is 489 g/mol. The zero-order chi connectivity index (χ0) is 24.4. The van der Waals surface area contributed by atoms with Gasteiger partial charge >= 0.3 is 0 Å². The predicted molar refractivity (Wildman–Crippen MR) is 137 cm³/mol. The first-order chi connectivity index (χ1) is 17.0. The lowest BCUT2D eigenvalue weighted by Gasteiger charge is -2.29. The van der Waals surface area contributed by atoms with E-state index in [-0.39, 0.29) is 10.6 Å². The number of nitrogens with zero attached hydrogens (tertiary/aromatic N) is 4. The third kappa shape index (κ3) is 5.00. The molecular formula is C25H25ClFN5O2S. The Bertz CT molecular complexity index is 1340. The van der Waals surface area contributed by atoms with Crippen LogP contribution in [-0.4, -0.2) is 52.9 Å². The number of morpholine rings is 1. The van der Waals surface area contributed by atoms with Gasteiger partial charge in [0, 0.05) is 52.2 Å². The summed E-state index contributed by atoms with van der Waals surface area (Å²) in [5.74, 6) is -0.518. The molecule has 1 fully saturated rings. The summed E-state index contributed by atoms with van der Waals surface area (Å²) in [6, 6.07) is 8.67. The standard InChI is InChI=1S/C25H25ClFN5O2S/c1-2-28-12-15-13-35-25(31-15)24(33)18-10-19(21(27)11-20(18)26)23-17-4-3-16(9-22(17)29-14-30-23)32-5-7-34-8-6-32/h3-4,9-11,13-14,24,28,33H,2,5-8,12H2,1H3. The first-order valence-corrected chi connectivity index (χ1v) is 12.7. The summed E-state index contributed by atoms with van der Waals surface area (Å²) >= 11 is 7.71. The fourth-order valence-electron chi connectivity index (χ4n) is 4.15. The van der Waals surface area contributed by atoms with Gasteiger partial charge in [0.05, 0.1) is 30.1 Å². The highest BCUT2D eigenvalue weighted by molar-refractivity contribution is 7.09. The topological polar surface area (TPSA) is 83.4 Å². The number of fused-ring (bicyclic) bond motifs is 1. The van der Waals surface area contributed by atoms with Crippen LogP contribution < -0.4 is 10.2 Å². The molecule has 0 bridgehead atoms. The Morgan fingerprint density at radius 3 is 2.86 bits per heavy atom. The monoisotopic (exact) mass is 513 g/mol. The fraction of sp³-hybridized carbons (Fsp3) is 0.320. The highest BCUT2D eigenvalue weighted by Crippen LogP contribution is 2.37. The van der Waals surface area contributed by atoms with Crippen molar-refractivity contribution in [2.24, 2.45) is 0 Å². The normalized spacial score (nSPS) is 15.0. The summed E-state index contributed by atoms with van der Waals surface area (Å²) < 4.78 is 20.6. The third-order valence-corrected chi connectivity index (χ3v) is 7.27.